The number of carbonyl (C=O) groups is 1. The molecule has 0 spiro atoms. The van der Waals surface area contributed by atoms with Gasteiger partial charge < -0.3 is 37.1 Å². The number of hydrogen-bond acceptors (Lipinski definition) is 7. The SMILES string of the molecule is NCCCOc1cc(C(N)=O)cc(OCCCN)c1OCCCN. The fourth-order valence-electron chi connectivity index (χ4n) is 1.86. The Morgan fingerprint density at radius 3 is 1.58 bits per heavy atom. The van der Waals surface area contributed by atoms with E-state index in [1.807, 2.05) is 0 Å². The highest BCUT2D eigenvalue weighted by Crippen LogP contribution is 2.39. The van der Waals surface area contributed by atoms with Gasteiger partial charge in [-0.15, -0.1) is 0 Å². The Bertz CT molecular complexity index is 480. The fourth-order valence-corrected chi connectivity index (χ4v) is 1.86. The zero-order valence-corrected chi connectivity index (χ0v) is 14.0. The normalized spacial score (nSPS) is 10.5. The summed E-state index contributed by atoms with van der Waals surface area (Å²) < 4.78 is 17.2. The summed E-state index contributed by atoms with van der Waals surface area (Å²) >= 11 is 0. The summed E-state index contributed by atoms with van der Waals surface area (Å²) in [7, 11) is 0. The quantitative estimate of drug-likeness (QED) is 0.368. The molecule has 0 radical (unpaired) electrons. The molecule has 0 aromatic heterocycles. The highest BCUT2D eigenvalue weighted by atomic mass is 16.5. The molecule has 0 aliphatic rings. The maximum absolute atomic E-state index is 11.6. The molecule has 136 valence electrons. The Kier molecular flexibility index (Phi) is 9.59. The molecule has 0 aliphatic heterocycles. The molecule has 1 rings (SSSR count). The van der Waals surface area contributed by atoms with Gasteiger partial charge in [0.2, 0.25) is 11.7 Å². The van der Waals surface area contributed by atoms with Crippen molar-refractivity contribution in [3.05, 3.63) is 17.7 Å². The van der Waals surface area contributed by atoms with E-state index in [0.717, 1.165) is 0 Å². The van der Waals surface area contributed by atoms with Crippen molar-refractivity contribution in [2.45, 2.75) is 19.3 Å². The van der Waals surface area contributed by atoms with E-state index in [-0.39, 0.29) is 5.56 Å². The van der Waals surface area contributed by atoms with Crippen LogP contribution < -0.4 is 37.1 Å². The van der Waals surface area contributed by atoms with Crippen molar-refractivity contribution in [1.29, 1.82) is 0 Å². The standard InChI is InChI=1S/C16H28N4O4/c17-4-1-7-22-13-10-12(16(20)21)11-14(23-8-2-5-18)15(13)24-9-3-6-19/h10-11H,1-9,17-19H2,(H2,20,21). The van der Waals surface area contributed by atoms with Gasteiger partial charge in [-0.25, -0.2) is 0 Å². The summed E-state index contributed by atoms with van der Waals surface area (Å²) in [6, 6.07) is 3.10. The number of carbonyl (C=O) groups excluding carboxylic acids is 1. The Labute approximate surface area is 142 Å². The number of rotatable bonds is 13. The molecular formula is C16H28N4O4. The van der Waals surface area contributed by atoms with E-state index in [1.54, 1.807) is 12.1 Å². The molecule has 0 unspecified atom stereocenters. The van der Waals surface area contributed by atoms with Gasteiger partial charge in [0.25, 0.3) is 0 Å². The fraction of sp³-hybridized carbons (Fsp3) is 0.562. The Balaban J connectivity index is 3.08. The third-order valence-corrected chi connectivity index (χ3v) is 3.11. The zero-order valence-electron chi connectivity index (χ0n) is 14.0. The second kappa shape index (κ2) is 11.5. The Hall–Kier alpha value is -2.03. The van der Waals surface area contributed by atoms with Gasteiger partial charge in [0.1, 0.15) is 0 Å². The first-order valence-electron chi connectivity index (χ1n) is 8.10. The molecule has 0 bridgehead atoms. The maximum Gasteiger partial charge on any atom is 0.248 e. The van der Waals surface area contributed by atoms with Crippen LogP contribution in [0.2, 0.25) is 0 Å². The molecule has 1 aromatic carbocycles. The predicted molar refractivity (Wildman–Crippen MR) is 92.5 cm³/mol. The Morgan fingerprint density at radius 2 is 1.21 bits per heavy atom. The van der Waals surface area contributed by atoms with Crippen LogP contribution in [0.1, 0.15) is 29.6 Å². The van der Waals surface area contributed by atoms with Crippen LogP contribution in [0.25, 0.3) is 0 Å². The number of benzene rings is 1. The lowest BCUT2D eigenvalue weighted by Gasteiger charge is -2.18. The highest BCUT2D eigenvalue weighted by Gasteiger charge is 2.17. The smallest absolute Gasteiger partial charge is 0.248 e. The van der Waals surface area contributed by atoms with Crippen molar-refractivity contribution in [2.75, 3.05) is 39.5 Å². The van der Waals surface area contributed by atoms with E-state index in [2.05, 4.69) is 0 Å². The predicted octanol–water partition coefficient (Wildman–Crippen LogP) is -0.0317. The monoisotopic (exact) mass is 340 g/mol. The van der Waals surface area contributed by atoms with E-state index >= 15 is 0 Å². The minimum absolute atomic E-state index is 0.284. The van der Waals surface area contributed by atoms with Crippen molar-refractivity contribution in [3.8, 4) is 17.2 Å². The molecule has 0 saturated heterocycles. The van der Waals surface area contributed by atoms with Crippen LogP contribution >= 0.6 is 0 Å². The molecule has 0 heterocycles. The van der Waals surface area contributed by atoms with Crippen LogP contribution in [0.3, 0.4) is 0 Å². The summed E-state index contributed by atoms with van der Waals surface area (Å²) in [6.45, 7) is 2.71. The van der Waals surface area contributed by atoms with Crippen molar-refractivity contribution >= 4 is 5.91 Å². The lowest BCUT2D eigenvalue weighted by molar-refractivity contribution is 0.0999. The third-order valence-electron chi connectivity index (χ3n) is 3.11. The summed E-state index contributed by atoms with van der Waals surface area (Å²) in [5.41, 5.74) is 22.1. The molecule has 0 saturated carbocycles. The maximum atomic E-state index is 11.6. The summed E-state index contributed by atoms with van der Waals surface area (Å²) in [6.07, 6.45) is 2.03. The van der Waals surface area contributed by atoms with Gasteiger partial charge >= 0.3 is 0 Å². The molecule has 0 fully saturated rings. The molecular weight excluding hydrogens is 312 g/mol. The minimum atomic E-state index is -0.573. The number of ether oxygens (including phenoxy) is 3. The van der Waals surface area contributed by atoms with Crippen molar-refractivity contribution in [3.63, 3.8) is 0 Å². The van der Waals surface area contributed by atoms with Gasteiger partial charge in [-0.1, -0.05) is 0 Å². The van der Waals surface area contributed by atoms with E-state index in [4.69, 9.17) is 37.1 Å². The molecule has 0 atom stereocenters. The number of amides is 1. The lowest BCUT2D eigenvalue weighted by Crippen LogP contribution is -2.15. The zero-order chi connectivity index (χ0) is 17.8. The summed E-state index contributed by atoms with van der Waals surface area (Å²) in [4.78, 5) is 11.6. The van der Waals surface area contributed by atoms with E-state index in [1.165, 1.54) is 0 Å². The average molecular weight is 340 g/mol. The molecule has 8 nitrogen and oxygen atoms in total. The van der Waals surface area contributed by atoms with Gasteiger partial charge in [-0.2, -0.15) is 0 Å². The molecule has 0 aliphatic carbocycles. The van der Waals surface area contributed by atoms with Crippen LogP contribution in [0, 0.1) is 0 Å². The first-order chi connectivity index (χ1) is 11.6. The number of nitrogens with two attached hydrogens (primary N) is 4. The molecule has 8 heteroatoms. The molecule has 24 heavy (non-hydrogen) atoms. The van der Waals surface area contributed by atoms with Crippen LogP contribution in [0.5, 0.6) is 17.2 Å². The Morgan fingerprint density at radius 1 is 0.792 bits per heavy atom. The minimum Gasteiger partial charge on any atom is -0.489 e. The first kappa shape index (κ1) is 20.0. The van der Waals surface area contributed by atoms with E-state index < -0.39 is 5.91 Å². The topological polar surface area (TPSA) is 149 Å². The summed E-state index contributed by atoms with van der Waals surface area (Å²) in [5.74, 6) is 0.664. The van der Waals surface area contributed by atoms with Crippen LogP contribution in [-0.2, 0) is 0 Å². The van der Waals surface area contributed by atoms with Gasteiger partial charge in [-0.05, 0) is 51.0 Å². The van der Waals surface area contributed by atoms with Gasteiger partial charge in [0, 0.05) is 5.56 Å². The van der Waals surface area contributed by atoms with E-state index in [9.17, 15) is 4.79 Å². The molecule has 1 amide bonds. The number of primary amides is 1. The van der Waals surface area contributed by atoms with E-state index in [0.29, 0.717) is 76.0 Å². The van der Waals surface area contributed by atoms with Crippen molar-refractivity contribution < 1.29 is 19.0 Å². The van der Waals surface area contributed by atoms with Gasteiger partial charge in [0.15, 0.2) is 11.5 Å². The van der Waals surface area contributed by atoms with Gasteiger partial charge in [0.05, 0.1) is 19.8 Å². The number of hydrogen-bond donors (Lipinski definition) is 4. The second-order valence-corrected chi connectivity index (χ2v) is 5.14. The molecule has 1 aromatic rings. The molecule has 8 N–H and O–H groups in total. The second-order valence-electron chi connectivity index (χ2n) is 5.14. The largest absolute Gasteiger partial charge is 0.489 e. The average Bonchev–Trinajstić information content (AvgIpc) is 2.56. The van der Waals surface area contributed by atoms with Gasteiger partial charge in [-0.3, -0.25) is 4.79 Å². The summed E-state index contributed by atoms with van der Waals surface area (Å²) in [5, 5.41) is 0. The van der Waals surface area contributed by atoms with Crippen LogP contribution in [0.15, 0.2) is 12.1 Å². The van der Waals surface area contributed by atoms with Crippen LogP contribution in [0.4, 0.5) is 0 Å². The van der Waals surface area contributed by atoms with Crippen molar-refractivity contribution in [2.24, 2.45) is 22.9 Å². The van der Waals surface area contributed by atoms with Crippen LogP contribution in [-0.4, -0.2) is 45.4 Å². The van der Waals surface area contributed by atoms with Crippen molar-refractivity contribution in [1.82, 2.24) is 0 Å². The lowest BCUT2D eigenvalue weighted by atomic mass is 10.1. The highest BCUT2D eigenvalue weighted by molar-refractivity contribution is 5.94. The first-order valence-corrected chi connectivity index (χ1v) is 8.10. The third kappa shape index (κ3) is 6.61.